The van der Waals surface area contributed by atoms with Crippen LogP contribution in [0.25, 0.3) is 6.08 Å². The molecular formula is C40H48N4O9. The number of esters is 1. The minimum atomic E-state index is -1.44. The molecule has 3 heterocycles. The Labute approximate surface area is 309 Å². The first-order valence-electron chi connectivity index (χ1n) is 18.7. The van der Waals surface area contributed by atoms with Crippen molar-refractivity contribution >= 4 is 29.8 Å². The second kappa shape index (κ2) is 13.9. The summed E-state index contributed by atoms with van der Waals surface area (Å²) in [6, 6.07) is 14.9. The highest BCUT2D eigenvalue weighted by Gasteiger charge is 2.78. The Morgan fingerprint density at radius 1 is 0.962 bits per heavy atom. The molecule has 53 heavy (non-hydrogen) atoms. The Kier molecular flexibility index (Phi) is 9.43. The number of amides is 3. The third kappa shape index (κ3) is 6.35. The molecule has 13 heteroatoms. The second-order valence-corrected chi connectivity index (χ2v) is 15.6. The van der Waals surface area contributed by atoms with Gasteiger partial charge in [-0.25, -0.2) is 0 Å². The van der Waals surface area contributed by atoms with Gasteiger partial charge in [-0.05, 0) is 48.4 Å². The van der Waals surface area contributed by atoms with Gasteiger partial charge in [-0.1, -0.05) is 54.6 Å². The van der Waals surface area contributed by atoms with Gasteiger partial charge in [-0.2, -0.15) is 5.06 Å². The Hall–Kier alpha value is -4.14. The number of nitrogens with zero attached hydrogens (tertiary/aromatic N) is 3. The molecule has 3 saturated heterocycles. The largest absolute Gasteiger partial charge is 0.458 e. The lowest BCUT2D eigenvalue weighted by molar-refractivity contribution is -0.235. The van der Waals surface area contributed by atoms with E-state index in [9.17, 15) is 19.5 Å². The van der Waals surface area contributed by atoms with Crippen LogP contribution in [0.3, 0.4) is 0 Å². The van der Waals surface area contributed by atoms with Gasteiger partial charge in [0.15, 0.2) is 11.8 Å². The number of aliphatic hydroxyl groups excluding tert-OH is 1. The van der Waals surface area contributed by atoms with Gasteiger partial charge in [0.2, 0.25) is 17.7 Å². The molecule has 2 bridgehead atoms. The van der Waals surface area contributed by atoms with E-state index in [4.69, 9.17) is 19.0 Å². The molecule has 282 valence electrons. The molecule has 13 nitrogen and oxygen atoms in total. The zero-order valence-electron chi connectivity index (χ0n) is 30.4. The van der Waals surface area contributed by atoms with Crippen LogP contribution in [0.1, 0.15) is 48.8 Å². The lowest BCUT2D eigenvalue weighted by atomic mass is 9.62. The van der Waals surface area contributed by atoms with E-state index in [1.807, 2.05) is 54.6 Å². The number of hydrogen-bond donors (Lipinski definition) is 2. The van der Waals surface area contributed by atoms with Crippen molar-refractivity contribution in [1.82, 2.24) is 20.2 Å². The van der Waals surface area contributed by atoms with E-state index in [1.165, 1.54) is 15.9 Å². The van der Waals surface area contributed by atoms with E-state index in [-0.39, 0.29) is 50.3 Å². The first kappa shape index (κ1) is 35.9. The van der Waals surface area contributed by atoms with E-state index >= 15 is 4.79 Å². The highest BCUT2D eigenvalue weighted by atomic mass is 16.8. The van der Waals surface area contributed by atoms with Gasteiger partial charge in [0, 0.05) is 58.4 Å². The second-order valence-electron chi connectivity index (χ2n) is 15.6. The van der Waals surface area contributed by atoms with Gasteiger partial charge in [-0.3, -0.25) is 24.0 Å². The van der Waals surface area contributed by atoms with E-state index in [2.05, 4.69) is 5.32 Å². The van der Waals surface area contributed by atoms with Crippen molar-refractivity contribution < 1.29 is 43.3 Å². The molecule has 2 N–H and O–H groups in total. The zero-order chi connectivity index (χ0) is 37.1. The molecule has 0 aromatic heterocycles. The van der Waals surface area contributed by atoms with E-state index in [0.717, 1.165) is 42.4 Å². The van der Waals surface area contributed by atoms with Gasteiger partial charge in [0.1, 0.15) is 35.9 Å². The van der Waals surface area contributed by atoms with Crippen LogP contribution in [-0.2, 0) is 51.2 Å². The van der Waals surface area contributed by atoms with Gasteiger partial charge in [-0.15, -0.1) is 0 Å². The van der Waals surface area contributed by atoms with E-state index in [0.29, 0.717) is 0 Å². The highest BCUT2D eigenvalue weighted by Crippen LogP contribution is 2.64. The smallest absolute Gasteiger partial charge is 0.327 e. The van der Waals surface area contributed by atoms with Crippen molar-refractivity contribution in [3.05, 3.63) is 77.4 Å². The number of ether oxygens (including phenoxy) is 3. The summed E-state index contributed by atoms with van der Waals surface area (Å²) in [4.78, 5) is 65.2. The molecule has 6 fully saturated rings. The van der Waals surface area contributed by atoms with Crippen LogP contribution in [0.15, 0.2) is 60.7 Å². The number of carbonyl (C=O) groups excluding carboxylic acids is 4. The minimum Gasteiger partial charge on any atom is -0.458 e. The number of nitrogens with one attached hydrogen (secondary N) is 1. The fraction of sp³-hybridized carbons (Fsp3) is 0.550. The van der Waals surface area contributed by atoms with Crippen molar-refractivity contribution in [3.8, 4) is 0 Å². The third-order valence-electron chi connectivity index (χ3n) is 11.8. The van der Waals surface area contributed by atoms with E-state index < -0.39 is 65.5 Å². The molecule has 6 aliphatic rings. The molecule has 3 amide bonds. The standard InChI is InChI=1S/C40H48N4O9/c1-42(2)31(46)18-13-24-9-11-26(12-10-24)23-44-34-37(48)50-30-22-39(34,35(53-44)33-32(30)51-40(52-33,27-14-15-27)28-16-17-28)38(49)43(3)29(36(47)41-19-20-45)21-25-7-5-4-6-8-25/h4-13,18,27-30,32-35,45H,14-17,19-23H2,1-3H3,(H,41,47)/t29-,30-,32+,33+,34+,35-,39+/m1/s1. The number of likely N-dealkylation sites (N-methyl/N-ethyl adjacent to an activating group) is 2. The molecule has 7 atom stereocenters. The summed E-state index contributed by atoms with van der Waals surface area (Å²) in [5, 5.41) is 13.8. The average Bonchev–Trinajstić information content (AvgIpc) is 4.11. The molecule has 3 saturated carbocycles. The number of hydroxylamine groups is 2. The van der Waals surface area contributed by atoms with Crippen molar-refractivity contribution in [2.45, 2.75) is 87.4 Å². The van der Waals surface area contributed by atoms with Crippen LogP contribution in [0.2, 0.25) is 0 Å². The number of carbonyl (C=O) groups is 4. The lowest BCUT2D eigenvalue weighted by Gasteiger charge is -2.50. The number of hydrogen-bond acceptors (Lipinski definition) is 10. The van der Waals surface area contributed by atoms with Crippen LogP contribution in [0, 0.1) is 17.3 Å². The normalized spacial score (nSPS) is 30.4. The third-order valence-corrected chi connectivity index (χ3v) is 11.8. The van der Waals surface area contributed by atoms with Crippen molar-refractivity contribution in [2.75, 3.05) is 34.3 Å². The van der Waals surface area contributed by atoms with Crippen molar-refractivity contribution in [2.24, 2.45) is 17.3 Å². The van der Waals surface area contributed by atoms with Crippen molar-refractivity contribution in [1.29, 1.82) is 0 Å². The highest BCUT2D eigenvalue weighted by molar-refractivity contribution is 5.96. The lowest BCUT2D eigenvalue weighted by Crippen LogP contribution is -2.70. The molecule has 8 rings (SSSR count). The number of benzene rings is 2. The quantitative estimate of drug-likeness (QED) is 0.232. The van der Waals surface area contributed by atoms with Gasteiger partial charge >= 0.3 is 5.97 Å². The summed E-state index contributed by atoms with van der Waals surface area (Å²) < 4.78 is 20.0. The Morgan fingerprint density at radius 2 is 1.64 bits per heavy atom. The molecule has 2 aromatic rings. The van der Waals surface area contributed by atoms with Crippen LogP contribution >= 0.6 is 0 Å². The molecular weight excluding hydrogens is 680 g/mol. The summed E-state index contributed by atoms with van der Waals surface area (Å²) >= 11 is 0. The maximum Gasteiger partial charge on any atom is 0.327 e. The maximum atomic E-state index is 15.4. The van der Waals surface area contributed by atoms with Gasteiger partial charge in [0.25, 0.3) is 0 Å². The van der Waals surface area contributed by atoms with Crippen LogP contribution in [0.4, 0.5) is 0 Å². The Bertz CT molecular complexity index is 1750. The fourth-order valence-electron chi connectivity index (χ4n) is 8.89. The first-order valence-corrected chi connectivity index (χ1v) is 18.7. The number of rotatable bonds is 13. The van der Waals surface area contributed by atoms with Crippen LogP contribution in [-0.4, -0.2) is 120 Å². The number of aliphatic hydroxyl groups is 1. The molecule has 0 radical (unpaired) electrons. The summed E-state index contributed by atoms with van der Waals surface area (Å²) in [6.45, 7) is -0.0470. The molecule has 0 unspecified atom stereocenters. The summed E-state index contributed by atoms with van der Waals surface area (Å²) in [5.41, 5.74) is 1.06. The molecule has 3 aliphatic carbocycles. The summed E-state index contributed by atoms with van der Waals surface area (Å²) in [7, 11) is 4.98. The molecule has 3 aliphatic heterocycles. The van der Waals surface area contributed by atoms with Crippen LogP contribution in [0.5, 0.6) is 0 Å². The minimum absolute atomic E-state index is 0.0354. The van der Waals surface area contributed by atoms with Gasteiger partial charge < -0.3 is 34.4 Å². The Morgan fingerprint density at radius 3 is 2.28 bits per heavy atom. The fourth-order valence-corrected chi connectivity index (χ4v) is 8.89. The van der Waals surface area contributed by atoms with E-state index in [1.54, 1.807) is 32.3 Å². The molecule has 2 aromatic carbocycles. The Balaban J connectivity index is 1.14. The summed E-state index contributed by atoms with van der Waals surface area (Å²) in [6.07, 6.45) is 4.71. The zero-order valence-corrected chi connectivity index (χ0v) is 30.4. The predicted octanol–water partition coefficient (Wildman–Crippen LogP) is 2.07. The predicted molar refractivity (Wildman–Crippen MR) is 190 cm³/mol. The maximum absolute atomic E-state index is 15.4. The average molecular weight is 729 g/mol. The van der Waals surface area contributed by atoms with Crippen LogP contribution < -0.4 is 5.32 Å². The van der Waals surface area contributed by atoms with Gasteiger partial charge in [0.05, 0.1) is 13.2 Å². The SMILES string of the molecule is CN(C)C(=O)C=Cc1ccc(CN2O[C@@H]3[C@H]4OC(C5CC5)(C5CC5)O[C@H]4[C@H]4C[C@]3(C(=O)N(C)[C@H](Cc3ccccc3)C(=O)NCCO)[C@@H]2C(=O)O4)cc1. The topological polar surface area (TPSA) is 147 Å². The van der Waals surface area contributed by atoms with Crippen molar-refractivity contribution in [3.63, 3.8) is 0 Å². The summed E-state index contributed by atoms with van der Waals surface area (Å²) in [5.74, 6) is -1.83. The first-order chi connectivity index (χ1) is 25.6. The molecule has 0 spiro atoms. The monoisotopic (exact) mass is 728 g/mol. The number of fused-ring (bicyclic) bond motifs is 4.